The third kappa shape index (κ3) is 3.89. The van der Waals surface area contributed by atoms with Crippen molar-refractivity contribution in [1.29, 1.82) is 0 Å². The number of hydrogen-bond donors (Lipinski definition) is 1. The van der Waals surface area contributed by atoms with Crippen LogP contribution in [0.3, 0.4) is 0 Å². The second-order valence-corrected chi connectivity index (χ2v) is 7.59. The number of phenols is 1. The molecule has 1 saturated heterocycles. The van der Waals surface area contributed by atoms with Gasteiger partial charge in [-0.15, -0.1) is 0 Å². The minimum Gasteiger partial charge on any atom is -0.507 e. The molecule has 2 aromatic carbocycles. The predicted molar refractivity (Wildman–Crippen MR) is 106 cm³/mol. The van der Waals surface area contributed by atoms with E-state index >= 15 is 0 Å². The van der Waals surface area contributed by atoms with Crippen LogP contribution in [-0.2, 0) is 9.31 Å². The van der Waals surface area contributed by atoms with Crippen LogP contribution in [0.25, 0.3) is 12.2 Å². The average molecular weight is 367 g/mol. The van der Waals surface area contributed by atoms with Crippen LogP contribution in [0.5, 0.6) is 5.75 Å². The molecule has 0 bridgehead atoms. The quantitative estimate of drug-likeness (QED) is 0.385. The highest BCUT2D eigenvalue weighted by Crippen LogP contribution is 2.36. The van der Waals surface area contributed by atoms with Gasteiger partial charge in [-0.3, -0.25) is 10.1 Å². The largest absolute Gasteiger partial charge is 0.507 e. The minimum atomic E-state index is -0.490. The first-order valence-electron chi connectivity index (χ1n) is 8.70. The number of nitro groups is 1. The van der Waals surface area contributed by atoms with Gasteiger partial charge in [-0.25, -0.2) is 0 Å². The fourth-order valence-corrected chi connectivity index (χ4v) is 2.72. The minimum absolute atomic E-state index is 0.00862. The Morgan fingerprint density at radius 3 is 2.15 bits per heavy atom. The van der Waals surface area contributed by atoms with Crippen molar-refractivity contribution in [2.24, 2.45) is 0 Å². The maximum Gasteiger partial charge on any atom is 0.494 e. The Labute approximate surface area is 158 Å². The van der Waals surface area contributed by atoms with E-state index in [1.807, 2.05) is 52.0 Å². The summed E-state index contributed by atoms with van der Waals surface area (Å²) in [5, 5.41) is 20.7. The lowest BCUT2D eigenvalue weighted by Gasteiger charge is -2.32. The van der Waals surface area contributed by atoms with Gasteiger partial charge in [0.2, 0.25) is 0 Å². The molecule has 0 radical (unpaired) electrons. The molecule has 1 fully saturated rings. The van der Waals surface area contributed by atoms with Crippen molar-refractivity contribution in [3.63, 3.8) is 0 Å². The van der Waals surface area contributed by atoms with Crippen LogP contribution >= 0.6 is 0 Å². The Balaban J connectivity index is 1.76. The zero-order valence-electron chi connectivity index (χ0n) is 15.8. The lowest BCUT2D eigenvalue weighted by molar-refractivity contribution is -0.384. The zero-order chi connectivity index (χ0) is 19.8. The number of benzene rings is 2. The zero-order valence-corrected chi connectivity index (χ0v) is 15.8. The standard InChI is InChI=1S/C20H22BNO5/c1-19(2)20(3,4)27-21(26-19)16-9-6-14(7-10-16)5-8-15-13-17(22(24)25)11-12-18(15)23/h5-13,23H,1-4H3/b8-5+. The Morgan fingerprint density at radius 2 is 1.59 bits per heavy atom. The molecule has 7 heteroatoms. The van der Waals surface area contributed by atoms with Crippen LogP contribution in [0.1, 0.15) is 38.8 Å². The van der Waals surface area contributed by atoms with Crippen molar-refractivity contribution in [3.05, 3.63) is 63.7 Å². The molecule has 1 N–H and O–H groups in total. The number of hydrogen-bond acceptors (Lipinski definition) is 5. The second-order valence-electron chi connectivity index (χ2n) is 7.59. The Morgan fingerprint density at radius 1 is 1.00 bits per heavy atom. The van der Waals surface area contributed by atoms with Gasteiger partial charge in [0, 0.05) is 17.7 Å². The van der Waals surface area contributed by atoms with E-state index in [4.69, 9.17) is 9.31 Å². The van der Waals surface area contributed by atoms with E-state index in [2.05, 4.69) is 0 Å². The van der Waals surface area contributed by atoms with Gasteiger partial charge in [0.05, 0.1) is 16.1 Å². The number of aromatic hydroxyl groups is 1. The maximum absolute atomic E-state index is 10.9. The Hall–Kier alpha value is -2.64. The van der Waals surface area contributed by atoms with Gasteiger partial charge in [-0.05, 0) is 44.8 Å². The lowest BCUT2D eigenvalue weighted by Crippen LogP contribution is -2.41. The molecule has 1 aliphatic rings. The molecule has 1 aliphatic heterocycles. The highest BCUT2D eigenvalue weighted by molar-refractivity contribution is 6.62. The summed E-state index contributed by atoms with van der Waals surface area (Å²) in [6.45, 7) is 8.04. The molecule has 0 atom stereocenters. The summed E-state index contributed by atoms with van der Waals surface area (Å²) >= 11 is 0. The van der Waals surface area contributed by atoms with E-state index in [0.717, 1.165) is 11.0 Å². The molecule has 0 spiro atoms. The SMILES string of the molecule is CC1(C)OB(c2ccc(/C=C/c3cc([N+](=O)[O-])ccc3O)cc2)OC1(C)C. The molecule has 2 aromatic rings. The summed E-state index contributed by atoms with van der Waals surface area (Å²) in [5.41, 5.74) is 1.35. The van der Waals surface area contributed by atoms with Gasteiger partial charge in [0.15, 0.2) is 0 Å². The van der Waals surface area contributed by atoms with Crippen molar-refractivity contribution in [1.82, 2.24) is 0 Å². The van der Waals surface area contributed by atoms with E-state index < -0.39 is 23.2 Å². The average Bonchev–Trinajstić information content (AvgIpc) is 2.82. The fourth-order valence-electron chi connectivity index (χ4n) is 2.72. The fraction of sp³-hybridized carbons (Fsp3) is 0.300. The van der Waals surface area contributed by atoms with E-state index in [1.54, 1.807) is 12.2 Å². The van der Waals surface area contributed by atoms with Gasteiger partial charge in [0.1, 0.15) is 5.75 Å². The van der Waals surface area contributed by atoms with Gasteiger partial charge in [0.25, 0.3) is 5.69 Å². The van der Waals surface area contributed by atoms with Gasteiger partial charge in [-0.1, -0.05) is 36.4 Å². The van der Waals surface area contributed by atoms with Crippen LogP contribution in [0.15, 0.2) is 42.5 Å². The number of rotatable bonds is 4. The van der Waals surface area contributed by atoms with Crippen LogP contribution in [-0.4, -0.2) is 28.4 Å². The molecule has 0 aromatic heterocycles. The number of nitro benzene ring substituents is 1. The molecular formula is C20H22BNO5. The van der Waals surface area contributed by atoms with Crippen LogP contribution in [0, 0.1) is 10.1 Å². The van der Waals surface area contributed by atoms with Gasteiger partial charge < -0.3 is 14.4 Å². The summed E-state index contributed by atoms with van der Waals surface area (Å²) in [6, 6.07) is 11.6. The molecule has 6 nitrogen and oxygen atoms in total. The number of non-ortho nitro benzene ring substituents is 1. The highest BCUT2D eigenvalue weighted by Gasteiger charge is 2.51. The summed E-state index contributed by atoms with van der Waals surface area (Å²) in [4.78, 5) is 10.4. The molecule has 3 rings (SSSR count). The first-order chi connectivity index (χ1) is 12.6. The van der Waals surface area contributed by atoms with Crippen molar-refractivity contribution < 1.29 is 19.3 Å². The molecule has 0 saturated carbocycles. The third-order valence-electron chi connectivity index (χ3n) is 5.14. The van der Waals surface area contributed by atoms with Gasteiger partial charge >= 0.3 is 7.12 Å². The van der Waals surface area contributed by atoms with Gasteiger partial charge in [-0.2, -0.15) is 0 Å². The Kier molecular flexibility index (Phi) is 4.84. The number of phenolic OH excluding ortho intramolecular Hbond substituents is 1. The van der Waals surface area contributed by atoms with E-state index in [9.17, 15) is 15.2 Å². The van der Waals surface area contributed by atoms with Crippen LogP contribution < -0.4 is 5.46 Å². The van der Waals surface area contributed by atoms with Crippen molar-refractivity contribution in [2.45, 2.75) is 38.9 Å². The number of nitrogens with zero attached hydrogens (tertiary/aromatic N) is 1. The summed E-state index contributed by atoms with van der Waals surface area (Å²) in [5.74, 6) is -0.00862. The van der Waals surface area contributed by atoms with E-state index in [1.165, 1.54) is 18.2 Å². The molecule has 0 unspecified atom stereocenters. The topological polar surface area (TPSA) is 81.8 Å². The van der Waals surface area contributed by atoms with E-state index in [-0.39, 0.29) is 11.4 Å². The first kappa shape index (κ1) is 19.1. The first-order valence-corrected chi connectivity index (χ1v) is 8.70. The second kappa shape index (κ2) is 6.83. The van der Waals surface area contributed by atoms with Crippen molar-refractivity contribution in [2.75, 3.05) is 0 Å². The monoisotopic (exact) mass is 367 g/mol. The molecule has 0 aliphatic carbocycles. The normalized spacial score (nSPS) is 18.1. The predicted octanol–water partition coefficient (Wildman–Crippen LogP) is 3.77. The smallest absolute Gasteiger partial charge is 0.494 e. The molecule has 27 heavy (non-hydrogen) atoms. The van der Waals surface area contributed by atoms with Crippen molar-refractivity contribution in [3.8, 4) is 5.75 Å². The van der Waals surface area contributed by atoms with E-state index in [0.29, 0.717) is 5.56 Å². The molecule has 140 valence electrons. The summed E-state index contributed by atoms with van der Waals surface area (Å²) in [7, 11) is -0.422. The summed E-state index contributed by atoms with van der Waals surface area (Å²) < 4.78 is 12.1. The third-order valence-corrected chi connectivity index (χ3v) is 5.14. The maximum atomic E-state index is 10.9. The molecule has 1 heterocycles. The molecular weight excluding hydrogens is 345 g/mol. The van der Waals surface area contributed by atoms with Crippen LogP contribution in [0.2, 0.25) is 0 Å². The Bertz CT molecular complexity index is 874. The van der Waals surface area contributed by atoms with Crippen molar-refractivity contribution >= 4 is 30.4 Å². The van der Waals surface area contributed by atoms with Crippen LogP contribution in [0.4, 0.5) is 5.69 Å². The highest BCUT2D eigenvalue weighted by atomic mass is 16.7. The lowest BCUT2D eigenvalue weighted by atomic mass is 9.79. The summed E-state index contributed by atoms with van der Waals surface area (Å²) in [6.07, 6.45) is 3.43. The molecule has 0 amide bonds.